The van der Waals surface area contributed by atoms with Gasteiger partial charge in [0.15, 0.2) is 0 Å². The molecular formula is C22H18N2. The summed E-state index contributed by atoms with van der Waals surface area (Å²) in [5.74, 6) is 6.48. The van der Waals surface area contributed by atoms with Crippen LogP contribution in [0.25, 0.3) is 0 Å². The van der Waals surface area contributed by atoms with Crippen molar-refractivity contribution in [3.8, 4) is 11.8 Å². The highest BCUT2D eigenvalue weighted by Crippen LogP contribution is 2.30. The van der Waals surface area contributed by atoms with Crippen LogP contribution >= 0.6 is 0 Å². The van der Waals surface area contributed by atoms with Gasteiger partial charge in [0.2, 0.25) is 0 Å². The Morgan fingerprint density at radius 3 is 2.50 bits per heavy atom. The third-order valence-electron chi connectivity index (χ3n) is 4.37. The molecule has 0 spiro atoms. The van der Waals surface area contributed by atoms with Gasteiger partial charge >= 0.3 is 0 Å². The maximum Gasteiger partial charge on any atom is 0.113 e. The average molecular weight is 310 g/mol. The number of nitrogens with zero attached hydrogens (tertiary/aromatic N) is 1. The highest BCUT2D eigenvalue weighted by atomic mass is 14.9. The molecule has 24 heavy (non-hydrogen) atoms. The Hall–Kier alpha value is -2.89. The molecule has 0 amide bonds. The van der Waals surface area contributed by atoms with Crippen LogP contribution in [-0.2, 0) is 6.42 Å². The minimum Gasteiger partial charge on any atom is -0.306 e. The molecular weight excluding hydrogens is 292 g/mol. The summed E-state index contributed by atoms with van der Waals surface area (Å²) >= 11 is 0. The molecule has 116 valence electrons. The summed E-state index contributed by atoms with van der Waals surface area (Å²) < 4.78 is 0. The van der Waals surface area contributed by atoms with E-state index in [-0.39, 0.29) is 6.04 Å². The van der Waals surface area contributed by atoms with E-state index in [0.717, 1.165) is 24.2 Å². The minimum atomic E-state index is 0.198. The van der Waals surface area contributed by atoms with Crippen LogP contribution < -0.4 is 5.32 Å². The number of nitrogens with one attached hydrogen (secondary N) is 1. The van der Waals surface area contributed by atoms with Gasteiger partial charge in [0.25, 0.3) is 0 Å². The number of aromatic nitrogens is 1. The molecule has 1 unspecified atom stereocenters. The number of hydrogen-bond donors (Lipinski definition) is 1. The Bertz CT molecular complexity index is 904. The molecule has 1 N–H and O–H groups in total. The number of hydrogen-bond acceptors (Lipinski definition) is 2. The number of rotatable bonds is 1. The lowest BCUT2D eigenvalue weighted by Gasteiger charge is -2.28. The maximum absolute atomic E-state index is 4.28. The van der Waals surface area contributed by atoms with Crippen LogP contribution in [0.4, 0.5) is 0 Å². The van der Waals surface area contributed by atoms with Gasteiger partial charge in [0.05, 0.1) is 6.04 Å². The number of pyridine rings is 1. The molecule has 1 aliphatic rings. The van der Waals surface area contributed by atoms with Gasteiger partial charge in [-0.25, -0.2) is 4.98 Å². The lowest BCUT2D eigenvalue weighted by atomic mass is 9.88. The zero-order valence-electron chi connectivity index (χ0n) is 13.4. The van der Waals surface area contributed by atoms with Crippen LogP contribution in [0.1, 0.15) is 34.0 Å². The summed E-state index contributed by atoms with van der Waals surface area (Å²) in [5, 5.41) is 3.65. The Balaban J connectivity index is 1.75. The Morgan fingerprint density at radius 1 is 0.833 bits per heavy atom. The molecule has 0 saturated heterocycles. The van der Waals surface area contributed by atoms with Crippen molar-refractivity contribution in [1.29, 1.82) is 0 Å². The molecule has 2 aromatic carbocycles. The second-order valence-electron chi connectivity index (χ2n) is 5.89. The molecule has 0 aliphatic carbocycles. The monoisotopic (exact) mass is 310 g/mol. The van der Waals surface area contributed by atoms with Crippen molar-refractivity contribution in [2.75, 3.05) is 6.54 Å². The van der Waals surface area contributed by atoms with E-state index >= 15 is 0 Å². The van der Waals surface area contributed by atoms with Gasteiger partial charge in [0, 0.05) is 18.3 Å². The van der Waals surface area contributed by atoms with Gasteiger partial charge in [-0.1, -0.05) is 54.5 Å². The second kappa shape index (κ2) is 6.70. The first-order valence-electron chi connectivity index (χ1n) is 8.25. The van der Waals surface area contributed by atoms with E-state index in [9.17, 15) is 0 Å². The summed E-state index contributed by atoms with van der Waals surface area (Å²) in [6.07, 6.45) is 2.85. The van der Waals surface area contributed by atoms with Crippen LogP contribution in [0.3, 0.4) is 0 Å². The fourth-order valence-corrected chi connectivity index (χ4v) is 3.21. The van der Waals surface area contributed by atoms with E-state index in [1.807, 2.05) is 24.3 Å². The van der Waals surface area contributed by atoms with Crippen LogP contribution in [0, 0.1) is 11.8 Å². The predicted octanol–water partition coefficient (Wildman–Crippen LogP) is 3.72. The molecule has 3 aromatic rings. The fraction of sp³-hybridized carbons (Fsp3) is 0.136. The van der Waals surface area contributed by atoms with E-state index in [1.54, 1.807) is 6.20 Å². The zero-order chi connectivity index (χ0) is 16.2. The molecule has 0 radical (unpaired) electrons. The van der Waals surface area contributed by atoms with Crippen molar-refractivity contribution in [2.45, 2.75) is 12.5 Å². The van der Waals surface area contributed by atoms with Crippen LogP contribution in [0.5, 0.6) is 0 Å². The maximum atomic E-state index is 4.28. The Morgan fingerprint density at radius 2 is 1.62 bits per heavy atom. The van der Waals surface area contributed by atoms with E-state index < -0.39 is 0 Å². The van der Waals surface area contributed by atoms with E-state index in [4.69, 9.17) is 0 Å². The zero-order valence-corrected chi connectivity index (χ0v) is 13.4. The van der Waals surface area contributed by atoms with Gasteiger partial charge in [-0.15, -0.1) is 0 Å². The van der Waals surface area contributed by atoms with E-state index in [0.29, 0.717) is 0 Å². The van der Waals surface area contributed by atoms with Crippen molar-refractivity contribution in [3.63, 3.8) is 0 Å². The standard InChI is InChI=1S/C22H18N2/c1-3-10-20(17(7-1)12-13-19-9-5-6-15-23-19)22-21-11-4-2-8-18(21)14-16-24-22/h1-11,15,22,24H,14,16H2. The normalized spacial score (nSPS) is 15.9. The molecule has 1 atom stereocenters. The van der Waals surface area contributed by atoms with Gasteiger partial charge in [-0.3, -0.25) is 0 Å². The summed E-state index contributed by atoms with van der Waals surface area (Å²) in [7, 11) is 0. The molecule has 4 rings (SSSR count). The molecule has 1 aromatic heterocycles. The van der Waals surface area contributed by atoms with Crippen LogP contribution in [-0.4, -0.2) is 11.5 Å². The highest BCUT2D eigenvalue weighted by Gasteiger charge is 2.22. The third kappa shape index (κ3) is 2.95. The van der Waals surface area contributed by atoms with Crippen molar-refractivity contribution in [3.05, 3.63) is 101 Å². The molecule has 1 aliphatic heterocycles. The first-order chi connectivity index (χ1) is 11.9. The number of benzene rings is 2. The fourth-order valence-electron chi connectivity index (χ4n) is 3.21. The molecule has 0 bridgehead atoms. The second-order valence-corrected chi connectivity index (χ2v) is 5.89. The smallest absolute Gasteiger partial charge is 0.113 e. The number of fused-ring (bicyclic) bond motifs is 1. The summed E-state index contributed by atoms with van der Waals surface area (Å²) in [6.45, 7) is 0.990. The summed E-state index contributed by atoms with van der Waals surface area (Å²) in [5.41, 5.74) is 5.86. The Labute approximate surface area is 142 Å². The lowest BCUT2D eigenvalue weighted by Crippen LogP contribution is -2.31. The molecule has 0 fully saturated rings. The molecule has 2 nitrogen and oxygen atoms in total. The SMILES string of the molecule is C(#Cc1ccccc1C1NCCc2ccccc21)c1ccccn1. The summed E-state index contributed by atoms with van der Waals surface area (Å²) in [4.78, 5) is 4.28. The molecule has 0 saturated carbocycles. The Kier molecular flexibility index (Phi) is 4.10. The van der Waals surface area contributed by atoms with Crippen molar-refractivity contribution in [2.24, 2.45) is 0 Å². The quantitative estimate of drug-likeness (QED) is 0.693. The van der Waals surface area contributed by atoms with Crippen molar-refractivity contribution >= 4 is 0 Å². The van der Waals surface area contributed by atoms with Gasteiger partial charge < -0.3 is 5.32 Å². The first kappa shape index (κ1) is 14.7. The van der Waals surface area contributed by atoms with Gasteiger partial charge in [-0.2, -0.15) is 0 Å². The van der Waals surface area contributed by atoms with Gasteiger partial charge in [0.1, 0.15) is 5.69 Å². The van der Waals surface area contributed by atoms with E-state index in [1.165, 1.54) is 16.7 Å². The van der Waals surface area contributed by atoms with Crippen LogP contribution in [0.2, 0.25) is 0 Å². The minimum absolute atomic E-state index is 0.198. The van der Waals surface area contributed by atoms with Gasteiger partial charge in [-0.05, 0) is 47.2 Å². The van der Waals surface area contributed by atoms with Crippen molar-refractivity contribution in [1.82, 2.24) is 10.3 Å². The van der Waals surface area contributed by atoms with Crippen LogP contribution in [0.15, 0.2) is 72.9 Å². The molecule has 2 heteroatoms. The van der Waals surface area contributed by atoms with Crippen molar-refractivity contribution < 1.29 is 0 Å². The first-order valence-corrected chi connectivity index (χ1v) is 8.25. The lowest BCUT2D eigenvalue weighted by molar-refractivity contribution is 0.567. The predicted molar refractivity (Wildman–Crippen MR) is 96.7 cm³/mol. The third-order valence-corrected chi connectivity index (χ3v) is 4.37. The highest BCUT2D eigenvalue weighted by molar-refractivity contribution is 5.50. The van der Waals surface area contributed by atoms with E-state index in [2.05, 4.69) is 64.6 Å². The largest absolute Gasteiger partial charge is 0.306 e. The topological polar surface area (TPSA) is 24.9 Å². The molecule has 2 heterocycles. The summed E-state index contributed by atoms with van der Waals surface area (Å²) in [6, 6.07) is 23.1. The average Bonchev–Trinajstić information content (AvgIpc) is 2.67.